The Kier molecular flexibility index (Phi) is 4.69. The molecule has 142 valence electrons. The molecular weight excluding hydrogens is 333 g/mol. The Balaban J connectivity index is 1.80. The van der Waals surface area contributed by atoms with Gasteiger partial charge in [0.15, 0.2) is 0 Å². The van der Waals surface area contributed by atoms with Gasteiger partial charge in [-0.15, -0.1) is 0 Å². The summed E-state index contributed by atoms with van der Waals surface area (Å²) in [5.41, 5.74) is 1.28. The zero-order valence-corrected chi connectivity index (χ0v) is 16.2. The third-order valence-corrected chi connectivity index (χ3v) is 5.19. The lowest BCUT2D eigenvalue weighted by atomic mass is 9.77. The third kappa shape index (κ3) is 3.66. The van der Waals surface area contributed by atoms with Crippen molar-refractivity contribution in [2.24, 2.45) is 0 Å². The third-order valence-electron chi connectivity index (χ3n) is 5.19. The Morgan fingerprint density at radius 2 is 2.15 bits per heavy atom. The fraction of sp³-hybridized carbons (Fsp3) is 0.667. The number of fused-ring (bicyclic) bond motifs is 1. The number of anilines is 1. The number of hydrogen-bond donors (Lipinski definition) is 3. The molecule has 1 fully saturated rings. The first kappa shape index (κ1) is 19.0. The number of ether oxygens (including phenoxy) is 1. The van der Waals surface area contributed by atoms with Crippen molar-refractivity contribution in [3.8, 4) is 0 Å². The van der Waals surface area contributed by atoms with Gasteiger partial charge < -0.3 is 25.0 Å². The van der Waals surface area contributed by atoms with Gasteiger partial charge in [0.2, 0.25) is 0 Å². The van der Waals surface area contributed by atoms with Crippen molar-refractivity contribution < 1.29 is 19.6 Å². The van der Waals surface area contributed by atoms with E-state index in [4.69, 9.17) is 4.74 Å². The maximum Gasteiger partial charge on any atom is 0.490 e. The van der Waals surface area contributed by atoms with E-state index >= 15 is 0 Å². The smallest absolute Gasteiger partial charge is 0.444 e. The van der Waals surface area contributed by atoms with E-state index in [0.29, 0.717) is 17.7 Å². The van der Waals surface area contributed by atoms with Crippen LogP contribution in [0.5, 0.6) is 0 Å². The number of aromatic nitrogens is 1. The first-order valence-electron chi connectivity index (χ1n) is 9.14. The molecule has 1 aromatic heterocycles. The highest BCUT2D eigenvalue weighted by Crippen LogP contribution is 2.39. The molecule has 2 aliphatic heterocycles. The maximum atomic E-state index is 12.5. The molecule has 0 aromatic carbocycles. The van der Waals surface area contributed by atoms with Crippen LogP contribution in [-0.2, 0) is 11.2 Å². The lowest BCUT2D eigenvalue weighted by Crippen LogP contribution is -2.47. The number of carbonyl (C=O) groups is 1. The summed E-state index contributed by atoms with van der Waals surface area (Å²) in [6.45, 7) is 10.00. The van der Waals surface area contributed by atoms with E-state index in [1.54, 1.807) is 11.8 Å². The van der Waals surface area contributed by atoms with Crippen molar-refractivity contribution in [3.05, 3.63) is 17.3 Å². The van der Waals surface area contributed by atoms with Gasteiger partial charge in [0.25, 0.3) is 0 Å². The molecule has 0 radical (unpaired) electrons. The molecule has 1 amide bonds. The highest BCUT2D eigenvalue weighted by atomic mass is 16.6. The molecule has 1 saturated heterocycles. The van der Waals surface area contributed by atoms with Crippen LogP contribution < -0.4 is 10.8 Å². The predicted molar refractivity (Wildman–Crippen MR) is 100 cm³/mol. The first-order chi connectivity index (χ1) is 12.0. The van der Waals surface area contributed by atoms with E-state index in [0.717, 1.165) is 30.6 Å². The topological polar surface area (TPSA) is 94.9 Å². The van der Waals surface area contributed by atoms with Crippen LogP contribution in [0.15, 0.2) is 6.07 Å². The molecule has 0 bridgehead atoms. The minimum atomic E-state index is -1.52. The number of amides is 1. The summed E-state index contributed by atoms with van der Waals surface area (Å²) >= 11 is 0. The fourth-order valence-corrected chi connectivity index (χ4v) is 3.97. The van der Waals surface area contributed by atoms with Crippen LogP contribution in [-0.4, -0.2) is 56.9 Å². The number of pyridine rings is 1. The van der Waals surface area contributed by atoms with Crippen LogP contribution in [0.2, 0.25) is 0 Å². The SMILES string of the molecule is Cc1nc2c(cc1B(O)O)CC[C@@]1(C[C@H](C)N(C(=O)OC(C)(C)C)C1)N2. The standard InChI is InChI=1S/C18H28BN3O4/c1-11-9-18(10-22(11)16(23)26-17(3,4)5)7-6-13-8-14(19(24)25)12(2)20-15(13)21-18/h8,11,24-25H,6-7,9-10H2,1-5H3,(H,20,21)/t11-,18-/m0/s1. The summed E-state index contributed by atoms with van der Waals surface area (Å²) in [7, 11) is -1.52. The van der Waals surface area contributed by atoms with Crippen molar-refractivity contribution in [1.82, 2.24) is 9.88 Å². The molecule has 8 heteroatoms. The molecule has 2 atom stereocenters. The number of carbonyl (C=O) groups excluding carboxylic acids is 1. The lowest BCUT2D eigenvalue weighted by Gasteiger charge is -2.36. The molecule has 26 heavy (non-hydrogen) atoms. The van der Waals surface area contributed by atoms with Gasteiger partial charge >= 0.3 is 13.2 Å². The number of rotatable bonds is 1. The fourth-order valence-electron chi connectivity index (χ4n) is 3.97. The molecule has 0 aliphatic carbocycles. The minimum Gasteiger partial charge on any atom is -0.444 e. The summed E-state index contributed by atoms with van der Waals surface area (Å²) in [6, 6.07) is 1.89. The Bertz CT molecular complexity index is 719. The molecule has 7 nitrogen and oxygen atoms in total. The number of likely N-dealkylation sites (tertiary alicyclic amines) is 1. The summed E-state index contributed by atoms with van der Waals surface area (Å²) in [5.74, 6) is 0.774. The van der Waals surface area contributed by atoms with Crippen LogP contribution in [0.1, 0.15) is 51.8 Å². The van der Waals surface area contributed by atoms with Gasteiger partial charge in [0.1, 0.15) is 11.4 Å². The molecule has 2 aliphatic rings. The summed E-state index contributed by atoms with van der Waals surface area (Å²) in [6.07, 6.45) is 2.19. The highest BCUT2D eigenvalue weighted by Gasteiger charge is 2.47. The van der Waals surface area contributed by atoms with Crippen LogP contribution >= 0.6 is 0 Å². The van der Waals surface area contributed by atoms with Crippen LogP contribution in [0, 0.1) is 6.92 Å². The Morgan fingerprint density at radius 1 is 1.46 bits per heavy atom. The molecule has 0 saturated carbocycles. The van der Waals surface area contributed by atoms with E-state index in [2.05, 4.69) is 10.3 Å². The molecule has 0 unspecified atom stereocenters. The maximum absolute atomic E-state index is 12.5. The van der Waals surface area contributed by atoms with E-state index in [1.165, 1.54) is 0 Å². The predicted octanol–water partition coefficient (Wildman–Crippen LogP) is 1.20. The number of hydrogen-bond acceptors (Lipinski definition) is 6. The number of nitrogens with zero attached hydrogens (tertiary/aromatic N) is 2. The number of aryl methyl sites for hydroxylation is 2. The van der Waals surface area contributed by atoms with Crippen molar-refractivity contribution in [3.63, 3.8) is 0 Å². The minimum absolute atomic E-state index is 0.0820. The largest absolute Gasteiger partial charge is 0.490 e. The quantitative estimate of drug-likeness (QED) is 0.651. The van der Waals surface area contributed by atoms with Gasteiger partial charge in [-0.3, -0.25) is 0 Å². The Labute approximate surface area is 154 Å². The van der Waals surface area contributed by atoms with E-state index in [-0.39, 0.29) is 17.7 Å². The molecule has 1 spiro atoms. The summed E-state index contributed by atoms with van der Waals surface area (Å²) in [4.78, 5) is 18.9. The van der Waals surface area contributed by atoms with E-state index in [9.17, 15) is 14.8 Å². The van der Waals surface area contributed by atoms with Gasteiger partial charge in [0.05, 0.1) is 5.54 Å². The zero-order valence-electron chi connectivity index (χ0n) is 16.2. The van der Waals surface area contributed by atoms with Crippen molar-refractivity contribution in [2.45, 2.75) is 71.1 Å². The van der Waals surface area contributed by atoms with Gasteiger partial charge in [0, 0.05) is 23.7 Å². The molecule has 3 rings (SSSR count). The van der Waals surface area contributed by atoms with Gasteiger partial charge in [-0.25, -0.2) is 9.78 Å². The summed E-state index contributed by atoms with van der Waals surface area (Å²) < 4.78 is 5.54. The second kappa shape index (κ2) is 6.42. The van der Waals surface area contributed by atoms with E-state index < -0.39 is 12.7 Å². The van der Waals surface area contributed by atoms with Crippen molar-refractivity contribution in [2.75, 3.05) is 11.9 Å². The van der Waals surface area contributed by atoms with Gasteiger partial charge in [-0.2, -0.15) is 0 Å². The first-order valence-corrected chi connectivity index (χ1v) is 9.14. The molecule has 1 aromatic rings. The average Bonchev–Trinajstić information content (AvgIpc) is 2.81. The van der Waals surface area contributed by atoms with Crippen molar-refractivity contribution in [1.29, 1.82) is 0 Å². The Morgan fingerprint density at radius 3 is 2.77 bits per heavy atom. The molecular formula is C18H28BN3O4. The molecule has 3 N–H and O–H groups in total. The van der Waals surface area contributed by atoms with Gasteiger partial charge in [-0.05, 0) is 59.4 Å². The Hall–Kier alpha value is -1.80. The van der Waals surface area contributed by atoms with Crippen LogP contribution in [0.3, 0.4) is 0 Å². The average molecular weight is 361 g/mol. The normalized spacial score (nSPS) is 25.0. The lowest BCUT2D eigenvalue weighted by molar-refractivity contribution is 0.0231. The second-order valence-electron chi connectivity index (χ2n) is 8.61. The van der Waals surface area contributed by atoms with Crippen LogP contribution in [0.4, 0.5) is 10.6 Å². The second-order valence-corrected chi connectivity index (χ2v) is 8.61. The number of nitrogens with one attached hydrogen (secondary N) is 1. The van der Waals surface area contributed by atoms with E-state index in [1.807, 2.05) is 33.8 Å². The van der Waals surface area contributed by atoms with Crippen LogP contribution in [0.25, 0.3) is 0 Å². The van der Waals surface area contributed by atoms with Crippen molar-refractivity contribution >= 4 is 24.5 Å². The highest BCUT2D eigenvalue weighted by molar-refractivity contribution is 6.59. The van der Waals surface area contributed by atoms with Gasteiger partial charge in [-0.1, -0.05) is 6.07 Å². The molecule has 3 heterocycles. The summed E-state index contributed by atoms with van der Waals surface area (Å²) in [5, 5.41) is 22.5. The zero-order chi connectivity index (χ0) is 19.3. The monoisotopic (exact) mass is 361 g/mol.